The van der Waals surface area contributed by atoms with Gasteiger partial charge in [0.1, 0.15) is 0 Å². The number of hydrogen-bond acceptors (Lipinski definition) is 3. The van der Waals surface area contributed by atoms with E-state index in [9.17, 15) is 4.79 Å². The van der Waals surface area contributed by atoms with E-state index in [-0.39, 0.29) is 18.0 Å². The summed E-state index contributed by atoms with van der Waals surface area (Å²) in [5.74, 6) is 0.0985. The van der Waals surface area contributed by atoms with Crippen molar-refractivity contribution in [1.29, 1.82) is 0 Å². The molecule has 1 saturated heterocycles. The Kier molecular flexibility index (Phi) is 4.33. The quantitative estimate of drug-likeness (QED) is 0.808. The second kappa shape index (κ2) is 5.98. The van der Waals surface area contributed by atoms with Gasteiger partial charge in [0.05, 0.1) is 6.04 Å². The van der Waals surface area contributed by atoms with Gasteiger partial charge in [-0.25, -0.2) is 0 Å². The molecule has 0 aliphatic carbocycles. The van der Waals surface area contributed by atoms with Crippen molar-refractivity contribution >= 4 is 5.91 Å². The molecule has 1 fully saturated rings. The highest BCUT2D eigenvalue weighted by Crippen LogP contribution is 2.13. The molecule has 0 bridgehead atoms. The molecule has 4 nitrogen and oxygen atoms in total. The van der Waals surface area contributed by atoms with Crippen molar-refractivity contribution in [3.8, 4) is 0 Å². The second-order valence-corrected chi connectivity index (χ2v) is 4.98. The fourth-order valence-electron chi connectivity index (χ4n) is 2.44. The second-order valence-electron chi connectivity index (χ2n) is 4.98. The highest BCUT2D eigenvalue weighted by atomic mass is 16.2. The Balaban J connectivity index is 1.75. The predicted molar refractivity (Wildman–Crippen MR) is 72.2 cm³/mol. The Labute approximate surface area is 108 Å². The Morgan fingerprint density at radius 3 is 2.78 bits per heavy atom. The summed E-state index contributed by atoms with van der Waals surface area (Å²) in [6.45, 7) is 1.49. The van der Waals surface area contributed by atoms with Crippen LogP contribution in [0.5, 0.6) is 0 Å². The number of carbonyl (C=O) groups excluding carboxylic acids is 1. The molecule has 2 atom stereocenters. The van der Waals surface area contributed by atoms with E-state index in [1.54, 1.807) is 0 Å². The fourth-order valence-corrected chi connectivity index (χ4v) is 2.44. The number of rotatable bonds is 4. The summed E-state index contributed by atoms with van der Waals surface area (Å²) < 4.78 is 0. The third-order valence-corrected chi connectivity index (χ3v) is 3.44. The zero-order valence-corrected chi connectivity index (χ0v) is 10.8. The maximum Gasteiger partial charge on any atom is 0.237 e. The van der Waals surface area contributed by atoms with Crippen molar-refractivity contribution in [2.45, 2.75) is 24.9 Å². The summed E-state index contributed by atoms with van der Waals surface area (Å²) in [6, 6.07) is 10.2. The molecule has 0 radical (unpaired) electrons. The predicted octanol–water partition coefficient (Wildman–Crippen LogP) is 0.377. The van der Waals surface area contributed by atoms with Gasteiger partial charge in [0.15, 0.2) is 0 Å². The van der Waals surface area contributed by atoms with Crippen LogP contribution in [-0.4, -0.2) is 43.0 Å². The summed E-state index contributed by atoms with van der Waals surface area (Å²) >= 11 is 0. The van der Waals surface area contributed by atoms with Gasteiger partial charge in [-0.3, -0.25) is 9.69 Å². The van der Waals surface area contributed by atoms with E-state index >= 15 is 0 Å². The summed E-state index contributed by atoms with van der Waals surface area (Å²) in [6.07, 6.45) is 1.63. The zero-order valence-electron chi connectivity index (χ0n) is 10.8. The molecule has 0 spiro atoms. The number of nitrogens with zero attached hydrogens (tertiary/aromatic N) is 1. The van der Waals surface area contributed by atoms with Crippen LogP contribution in [0.4, 0.5) is 0 Å². The minimum Gasteiger partial charge on any atom is -0.354 e. The van der Waals surface area contributed by atoms with Crippen molar-refractivity contribution in [2.24, 2.45) is 5.73 Å². The van der Waals surface area contributed by atoms with Crippen LogP contribution in [-0.2, 0) is 11.2 Å². The molecule has 2 rings (SSSR count). The van der Waals surface area contributed by atoms with Crippen LogP contribution in [0.25, 0.3) is 0 Å². The molecule has 98 valence electrons. The average molecular weight is 247 g/mol. The average Bonchev–Trinajstić information content (AvgIpc) is 2.70. The summed E-state index contributed by atoms with van der Waals surface area (Å²) in [5.41, 5.74) is 7.10. The van der Waals surface area contributed by atoms with Crippen molar-refractivity contribution in [3.63, 3.8) is 0 Å². The molecule has 4 heteroatoms. The lowest BCUT2D eigenvalue weighted by Gasteiger charge is -2.18. The van der Waals surface area contributed by atoms with Gasteiger partial charge in [0, 0.05) is 19.1 Å². The standard InChI is InChI=1S/C14H21N3O/c1-17-10-12(15)9-13(17)14(18)16-8-7-11-5-3-2-4-6-11/h2-6,12-13H,7-10,15H2,1H3,(H,16,18)/t12-,13?/m0/s1. The van der Waals surface area contributed by atoms with Crippen LogP contribution in [0.3, 0.4) is 0 Å². The van der Waals surface area contributed by atoms with Gasteiger partial charge in [-0.2, -0.15) is 0 Å². The molecule has 1 amide bonds. The molecule has 1 aliphatic heterocycles. The first kappa shape index (κ1) is 13.1. The molecule has 3 N–H and O–H groups in total. The molecular formula is C14H21N3O. The minimum atomic E-state index is -0.0595. The maximum absolute atomic E-state index is 12.0. The van der Waals surface area contributed by atoms with E-state index in [1.807, 2.05) is 30.1 Å². The number of likely N-dealkylation sites (tertiary alicyclic amines) is 1. The molecule has 1 aromatic rings. The smallest absolute Gasteiger partial charge is 0.237 e. The van der Waals surface area contributed by atoms with E-state index in [2.05, 4.69) is 17.4 Å². The molecule has 0 saturated carbocycles. The molecule has 0 aromatic heterocycles. The Morgan fingerprint density at radius 1 is 1.44 bits per heavy atom. The Bertz CT molecular complexity index is 393. The lowest BCUT2D eigenvalue weighted by molar-refractivity contribution is -0.125. The monoisotopic (exact) mass is 247 g/mol. The fraction of sp³-hybridized carbons (Fsp3) is 0.500. The van der Waals surface area contributed by atoms with Crippen molar-refractivity contribution in [2.75, 3.05) is 20.1 Å². The highest BCUT2D eigenvalue weighted by molar-refractivity contribution is 5.82. The van der Waals surface area contributed by atoms with Crippen molar-refractivity contribution in [3.05, 3.63) is 35.9 Å². The third-order valence-electron chi connectivity index (χ3n) is 3.44. The van der Waals surface area contributed by atoms with E-state index in [0.29, 0.717) is 6.54 Å². The minimum absolute atomic E-state index is 0.0595. The number of likely N-dealkylation sites (N-methyl/N-ethyl adjacent to an activating group) is 1. The van der Waals surface area contributed by atoms with Gasteiger partial charge in [-0.15, -0.1) is 0 Å². The largest absolute Gasteiger partial charge is 0.354 e. The first-order chi connectivity index (χ1) is 8.66. The molecule has 1 aromatic carbocycles. The lowest BCUT2D eigenvalue weighted by Crippen LogP contribution is -2.42. The molecule has 1 heterocycles. The zero-order chi connectivity index (χ0) is 13.0. The molecule has 1 aliphatic rings. The van der Waals surface area contributed by atoms with Crippen molar-refractivity contribution < 1.29 is 4.79 Å². The Morgan fingerprint density at radius 2 is 2.17 bits per heavy atom. The van der Waals surface area contributed by atoms with E-state index < -0.39 is 0 Å². The molecule has 18 heavy (non-hydrogen) atoms. The number of nitrogens with one attached hydrogen (secondary N) is 1. The van der Waals surface area contributed by atoms with Crippen LogP contribution < -0.4 is 11.1 Å². The summed E-state index contributed by atoms with van der Waals surface area (Å²) in [5, 5.41) is 2.99. The van der Waals surface area contributed by atoms with Gasteiger partial charge in [-0.1, -0.05) is 30.3 Å². The topological polar surface area (TPSA) is 58.4 Å². The van der Waals surface area contributed by atoms with Gasteiger partial charge < -0.3 is 11.1 Å². The maximum atomic E-state index is 12.0. The number of benzene rings is 1. The molecule has 1 unspecified atom stereocenters. The van der Waals surface area contributed by atoms with E-state index in [1.165, 1.54) is 5.56 Å². The number of carbonyl (C=O) groups is 1. The van der Waals surface area contributed by atoms with Gasteiger partial charge >= 0.3 is 0 Å². The number of hydrogen-bond donors (Lipinski definition) is 2. The highest BCUT2D eigenvalue weighted by Gasteiger charge is 2.32. The van der Waals surface area contributed by atoms with Crippen LogP contribution in [0, 0.1) is 0 Å². The van der Waals surface area contributed by atoms with E-state index in [0.717, 1.165) is 19.4 Å². The van der Waals surface area contributed by atoms with E-state index in [4.69, 9.17) is 5.73 Å². The van der Waals surface area contributed by atoms with Crippen molar-refractivity contribution in [1.82, 2.24) is 10.2 Å². The van der Waals surface area contributed by atoms with Crippen LogP contribution in [0.1, 0.15) is 12.0 Å². The lowest BCUT2D eigenvalue weighted by atomic mass is 10.1. The first-order valence-electron chi connectivity index (χ1n) is 6.44. The van der Waals surface area contributed by atoms with Gasteiger partial charge in [0.2, 0.25) is 5.91 Å². The van der Waals surface area contributed by atoms with Crippen LogP contribution >= 0.6 is 0 Å². The van der Waals surface area contributed by atoms with Crippen LogP contribution in [0.2, 0.25) is 0 Å². The third kappa shape index (κ3) is 3.31. The van der Waals surface area contributed by atoms with Gasteiger partial charge in [-0.05, 0) is 25.5 Å². The van der Waals surface area contributed by atoms with Crippen LogP contribution in [0.15, 0.2) is 30.3 Å². The Hall–Kier alpha value is -1.39. The normalized spacial score (nSPS) is 24.1. The SMILES string of the molecule is CN1C[C@@H](N)CC1C(=O)NCCc1ccccc1. The number of amides is 1. The van der Waals surface area contributed by atoms with Gasteiger partial charge in [0.25, 0.3) is 0 Å². The number of nitrogens with two attached hydrogens (primary N) is 1. The summed E-state index contributed by atoms with van der Waals surface area (Å²) in [4.78, 5) is 14.0. The first-order valence-corrected chi connectivity index (χ1v) is 6.44. The summed E-state index contributed by atoms with van der Waals surface area (Å²) in [7, 11) is 1.95. The molecular weight excluding hydrogens is 226 g/mol.